The van der Waals surface area contributed by atoms with E-state index in [1.54, 1.807) is 6.07 Å². The molecule has 11 nitrogen and oxygen atoms in total. The second-order valence-electron chi connectivity index (χ2n) is 8.20. The number of hydrazine groups is 1. The van der Waals surface area contributed by atoms with Crippen molar-refractivity contribution in [3.8, 4) is 0 Å². The summed E-state index contributed by atoms with van der Waals surface area (Å²) in [6, 6.07) is 0.610. The fourth-order valence-electron chi connectivity index (χ4n) is 4.26. The Morgan fingerprint density at radius 3 is 2.79 bits per heavy atom. The van der Waals surface area contributed by atoms with E-state index in [9.17, 15) is 29.1 Å². The minimum Gasteiger partial charge on any atom is -0.481 e. The van der Waals surface area contributed by atoms with Crippen LogP contribution in [0, 0.1) is 0 Å². The van der Waals surface area contributed by atoms with Gasteiger partial charge in [0.1, 0.15) is 18.6 Å². The van der Waals surface area contributed by atoms with Gasteiger partial charge in [-0.1, -0.05) is 0 Å². The summed E-state index contributed by atoms with van der Waals surface area (Å²) in [6.45, 7) is 0.280. The average Bonchev–Trinajstić information content (AvgIpc) is 3.39. The number of carbonyl (C=O) groups is 5. The summed E-state index contributed by atoms with van der Waals surface area (Å²) < 4.78 is 0.995. The van der Waals surface area contributed by atoms with Crippen LogP contribution in [0.5, 0.6) is 0 Å². The van der Waals surface area contributed by atoms with Gasteiger partial charge in [0.05, 0.1) is 27.4 Å². The second kappa shape index (κ2) is 10.2. The molecule has 3 amide bonds. The number of carbonyl (C=O) groups excluding carboxylic acids is 4. The molecule has 1 unspecified atom stereocenters. The third kappa shape index (κ3) is 4.97. The van der Waals surface area contributed by atoms with E-state index in [1.807, 2.05) is 11.4 Å². The van der Waals surface area contributed by atoms with Crippen LogP contribution in [0.15, 0.2) is 17.5 Å². The minimum atomic E-state index is -1.45. The van der Waals surface area contributed by atoms with Crippen molar-refractivity contribution >= 4 is 62.1 Å². The fraction of sp³-hybridized carbons (Fsp3) is 0.476. The molecule has 0 aromatic carbocycles. The number of hydrogen-bond donors (Lipinski definition) is 4. The lowest BCUT2D eigenvalue weighted by Crippen LogP contribution is -2.65. The minimum absolute atomic E-state index is 0.0406. The van der Waals surface area contributed by atoms with Crippen molar-refractivity contribution in [2.75, 3.05) is 6.54 Å². The second-order valence-corrected chi connectivity index (χ2v) is 10.4. The molecule has 2 aromatic heterocycles. The fourth-order valence-corrected chi connectivity index (χ4v) is 6.28. The summed E-state index contributed by atoms with van der Waals surface area (Å²) in [5.74, 6) is -2.48. The van der Waals surface area contributed by atoms with E-state index in [1.165, 1.54) is 27.7 Å². The van der Waals surface area contributed by atoms with Crippen LogP contribution in [0.3, 0.4) is 0 Å². The SMILES string of the molecule is O=C[C@H](CC(=O)O)NC(O)[C@@H]1CCCN2C(=O)CC[C@H](NC(=O)c3cc4ccsc4s3)C(=O)N12. The van der Waals surface area contributed by atoms with E-state index in [0.717, 1.165) is 14.4 Å². The van der Waals surface area contributed by atoms with Crippen molar-refractivity contribution in [2.45, 2.75) is 56.5 Å². The number of rotatable bonds is 8. The highest BCUT2D eigenvalue weighted by molar-refractivity contribution is 7.38. The Labute approximate surface area is 202 Å². The molecule has 4 heterocycles. The number of thiophene rings is 2. The van der Waals surface area contributed by atoms with Gasteiger partial charge in [-0.15, -0.1) is 22.7 Å². The highest BCUT2D eigenvalue weighted by atomic mass is 32.2. The zero-order valence-corrected chi connectivity index (χ0v) is 19.6. The van der Waals surface area contributed by atoms with Crippen LogP contribution < -0.4 is 10.6 Å². The van der Waals surface area contributed by atoms with Crippen LogP contribution in [-0.4, -0.2) is 81.1 Å². The molecule has 0 radical (unpaired) electrons. The molecular weight excluding hydrogens is 484 g/mol. The zero-order valence-electron chi connectivity index (χ0n) is 18.0. The summed E-state index contributed by atoms with van der Waals surface area (Å²) in [4.78, 5) is 61.8. The van der Waals surface area contributed by atoms with E-state index in [2.05, 4.69) is 10.6 Å². The van der Waals surface area contributed by atoms with Gasteiger partial charge in [-0.3, -0.25) is 29.5 Å². The number of hydrogen-bond acceptors (Lipinski definition) is 9. The number of amides is 3. The van der Waals surface area contributed by atoms with Gasteiger partial charge in [-0.05, 0) is 36.8 Å². The normalized spacial score (nSPS) is 22.7. The molecule has 4 atom stereocenters. The maximum Gasteiger partial charge on any atom is 0.305 e. The standard InChI is InChI=1S/C21H24N4O7S2/c26-10-12(9-17(28)29)22-18(30)14-2-1-6-24-16(27)4-3-13(20(32)25(14)24)23-19(31)15-8-11-5-7-33-21(11)34-15/h5,7-8,10,12-14,18,22,30H,1-4,6,9H2,(H,23,31)(H,28,29)/t12-,13-,14-,18?/m0/s1. The molecule has 2 saturated heterocycles. The highest BCUT2D eigenvalue weighted by Gasteiger charge is 2.44. The summed E-state index contributed by atoms with van der Waals surface area (Å²) in [7, 11) is 0. The van der Waals surface area contributed by atoms with Gasteiger partial charge in [-0.2, -0.15) is 0 Å². The number of aliphatic carboxylic acids is 1. The quantitative estimate of drug-likeness (QED) is 0.297. The van der Waals surface area contributed by atoms with Crippen molar-refractivity contribution < 1.29 is 34.2 Å². The molecule has 2 fully saturated rings. The summed E-state index contributed by atoms with van der Waals surface area (Å²) >= 11 is 2.84. The molecule has 182 valence electrons. The third-order valence-electron chi connectivity index (χ3n) is 5.89. The maximum absolute atomic E-state index is 13.5. The maximum atomic E-state index is 13.5. The predicted octanol–water partition coefficient (Wildman–Crippen LogP) is 0.540. The highest BCUT2D eigenvalue weighted by Crippen LogP contribution is 2.31. The van der Waals surface area contributed by atoms with Crippen molar-refractivity contribution in [3.05, 3.63) is 22.4 Å². The van der Waals surface area contributed by atoms with Crippen molar-refractivity contribution in [1.29, 1.82) is 0 Å². The molecular formula is C21H24N4O7S2. The summed E-state index contributed by atoms with van der Waals surface area (Å²) in [5, 5.41) is 30.3. The number of fused-ring (bicyclic) bond motifs is 2. The number of aldehydes is 1. The molecule has 0 saturated carbocycles. The first kappa shape index (κ1) is 24.3. The predicted molar refractivity (Wildman–Crippen MR) is 123 cm³/mol. The van der Waals surface area contributed by atoms with Gasteiger partial charge in [0.2, 0.25) is 5.91 Å². The molecule has 0 bridgehead atoms. The topological polar surface area (TPSA) is 156 Å². The molecule has 4 rings (SSSR count). The van der Waals surface area contributed by atoms with Crippen LogP contribution in [0.2, 0.25) is 0 Å². The van der Waals surface area contributed by atoms with Gasteiger partial charge in [0, 0.05) is 18.4 Å². The van der Waals surface area contributed by atoms with Crippen LogP contribution in [-0.2, 0) is 19.2 Å². The van der Waals surface area contributed by atoms with Crippen molar-refractivity contribution in [3.63, 3.8) is 0 Å². The lowest BCUT2D eigenvalue weighted by Gasteiger charge is -2.45. The largest absolute Gasteiger partial charge is 0.481 e. The van der Waals surface area contributed by atoms with E-state index >= 15 is 0 Å². The van der Waals surface area contributed by atoms with Crippen molar-refractivity contribution in [2.24, 2.45) is 0 Å². The number of aliphatic hydroxyl groups excluding tert-OH is 1. The average molecular weight is 509 g/mol. The summed E-state index contributed by atoms with van der Waals surface area (Å²) in [5.41, 5.74) is 0. The van der Waals surface area contributed by atoms with Crippen molar-refractivity contribution in [1.82, 2.24) is 20.7 Å². The number of nitrogens with one attached hydrogen (secondary N) is 2. The Morgan fingerprint density at radius 1 is 1.29 bits per heavy atom. The van der Waals surface area contributed by atoms with Gasteiger partial charge in [-0.25, -0.2) is 5.01 Å². The molecule has 0 aliphatic carbocycles. The van der Waals surface area contributed by atoms with Gasteiger partial charge < -0.3 is 20.3 Å². The van der Waals surface area contributed by atoms with E-state index in [4.69, 9.17) is 5.11 Å². The molecule has 4 N–H and O–H groups in total. The number of aliphatic hydroxyl groups is 1. The number of carboxylic acids is 1. The number of carboxylic acid groups (broad SMARTS) is 1. The van der Waals surface area contributed by atoms with E-state index in [0.29, 0.717) is 24.0 Å². The third-order valence-corrected chi connectivity index (χ3v) is 8.09. The molecule has 13 heteroatoms. The van der Waals surface area contributed by atoms with Gasteiger partial charge in [0.25, 0.3) is 11.8 Å². The van der Waals surface area contributed by atoms with Crippen LogP contribution in [0.25, 0.3) is 9.40 Å². The first-order valence-corrected chi connectivity index (χ1v) is 12.5. The van der Waals surface area contributed by atoms with Gasteiger partial charge in [0.15, 0.2) is 0 Å². The Kier molecular flexibility index (Phi) is 7.26. The van der Waals surface area contributed by atoms with Crippen LogP contribution in [0.4, 0.5) is 0 Å². The lowest BCUT2D eigenvalue weighted by atomic mass is 10.0. The Morgan fingerprint density at radius 2 is 2.09 bits per heavy atom. The lowest BCUT2D eigenvalue weighted by molar-refractivity contribution is -0.181. The Balaban J connectivity index is 1.53. The Hall–Kier alpha value is -2.87. The monoisotopic (exact) mass is 508 g/mol. The first-order chi connectivity index (χ1) is 16.3. The smallest absolute Gasteiger partial charge is 0.305 e. The zero-order chi connectivity index (χ0) is 24.4. The molecule has 34 heavy (non-hydrogen) atoms. The Bertz CT molecular complexity index is 1090. The summed E-state index contributed by atoms with van der Waals surface area (Å²) in [6.07, 6.45) is -0.631. The molecule has 2 aliphatic heterocycles. The van der Waals surface area contributed by atoms with E-state index in [-0.39, 0.29) is 25.3 Å². The van der Waals surface area contributed by atoms with E-state index < -0.39 is 48.6 Å². The number of nitrogens with zero attached hydrogens (tertiary/aromatic N) is 2. The molecule has 2 aliphatic rings. The molecule has 2 aromatic rings. The van der Waals surface area contributed by atoms with Gasteiger partial charge >= 0.3 is 5.97 Å². The van der Waals surface area contributed by atoms with Crippen LogP contribution in [0.1, 0.15) is 41.8 Å². The first-order valence-electron chi connectivity index (χ1n) is 10.8. The molecule has 0 spiro atoms. The van der Waals surface area contributed by atoms with Crippen LogP contribution >= 0.6 is 22.7 Å².